The molecule has 0 fully saturated rings. The van der Waals surface area contributed by atoms with E-state index in [2.05, 4.69) is 4.99 Å². The predicted octanol–water partition coefficient (Wildman–Crippen LogP) is 3.96. The fourth-order valence-electron chi connectivity index (χ4n) is 1.43. The van der Waals surface area contributed by atoms with Crippen molar-refractivity contribution >= 4 is 17.8 Å². The maximum atomic E-state index is 5.89. The van der Waals surface area contributed by atoms with E-state index in [9.17, 15) is 0 Å². The van der Waals surface area contributed by atoms with Crippen LogP contribution in [0.25, 0.3) is 0 Å². The number of rotatable bonds is 3. The lowest BCUT2D eigenvalue weighted by atomic mass is 10.2. The highest BCUT2D eigenvalue weighted by atomic mass is 35.5. The van der Waals surface area contributed by atoms with Gasteiger partial charge >= 0.3 is 0 Å². The number of hydrogen-bond acceptors (Lipinski definition) is 1. The standard InChI is InChI=1S/C14H12ClN/c15-14-8-4-7-13(9-14)11-16-10-12-5-2-1-3-6-12/h1-10H,11H2. The van der Waals surface area contributed by atoms with Crippen molar-refractivity contribution < 1.29 is 0 Å². The number of nitrogens with zero attached hydrogens (tertiary/aromatic N) is 1. The highest BCUT2D eigenvalue weighted by Gasteiger charge is 1.91. The van der Waals surface area contributed by atoms with Crippen molar-refractivity contribution in [2.24, 2.45) is 4.99 Å². The number of aliphatic imine (C=N–C) groups is 1. The lowest BCUT2D eigenvalue weighted by Gasteiger charge is -1.96. The highest BCUT2D eigenvalue weighted by molar-refractivity contribution is 6.30. The van der Waals surface area contributed by atoms with Gasteiger partial charge in [0.1, 0.15) is 0 Å². The molecule has 0 spiro atoms. The van der Waals surface area contributed by atoms with Crippen LogP contribution in [0.5, 0.6) is 0 Å². The molecule has 0 heterocycles. The third-order valence-corrected chi connectivity index (χ3v) is 2.44. The van der Waals surface area contributed by atoms with Gasteiger partial charge in [-0.05, 0) is 23.3 Å². The second-order valence-corrected chi connectivity index (χ2v) is 3.95. The molecule has 0 saturated carbocycles. The molecule has 0 unspecified atom stereocenters. The molecular weight excluding hydrogens is 218 g/mol. The van der Waals surface area contributed by atoms with E-state index in [1.807, 2.05) is 60.8 Å². The fourth-order valence-corrected chi connectivity index (χ4v) is 1.64. The van der Waals surface area contributed by atoms with Gasteiger partial charge in [0.15, 0.2) is 0 Å². The second-order valence-electron chi connectivity index (χ2n) is 3.51. The minimum Gasteiger partial charge on any atom is -0.288 e. The molecule has 16 heavy (non-hydrogen) atoms. The van der Waals surface area contributed by atoms with Gasteiger partial charge in [0.2, 0.25) is 0 Å². The second kappa shape index (κ2) is 5.47. The van der Waals surface area contributed by atoms with Crippen LogP contribution in [-0.2, 0) is 6.54 Å². The predicted molar refractivity (Wildman–Crippen MR) is 69.2 cm³/mol. The van der Waals surface area contributed by atoms with Gasteiger partial charge in [-0.1, -0.05) is 54.1 Å². The van der Waals surface area contributed by atoms with Crippen LogP contribution in [0.15, 0.2) is 59.6 Å². The van der Waals surface area contributed by atoms with Crippen LogP contribution in [0.4, 0.5) is 0 Å². The Morgan fingerprint density at radius 2 is 1.81 bits per heavy atom. The summed E-state index contributed by atoms with van der Waals surface area (Å²) in [6, 6.07) is 17.8. The first kappa shape index (κ1) is 10.9. The topological polar surface area (TPSA) is 12.4 Å². The van der Waals surface area contributed by atoms with Crippen LogP contribution in [0.3, 0.4) is 0 Å². The Morgan fingerprint density at radius 1 is 1.00 bits per heavy atom. The Kier molecular flexibility index (Phi) is 3.73. The molecule has 0 aliphatic rings. The molecule has 2 heteroatoms. The Morgan fingerprint density at radius 3 is 2.56 bits per heavy atom. The van der Waals surface area contributed by atoms with E-state index < -0.39 is 0 Å². The van der Waals surface area contributed by atoms with E-state index in [0.717, 1.165) is 16.1 Å². The van der Waals surface area contributed by atoms with Crippen molar-refractivity contribution in [2.75, 3.05) is 0 Å². The largest absolute Gasteiger partial charge is 0.288 e. The Labute approximate surface area is 100 Å². The summed E-state index contributed by atoms with van der Waals surface area (Å²) in [5.74, 6) is 0. The first-order chi connectivity index (χ1) is 7.84. The lowest BCUT2D eigenvalue weighted by Crippen LogP contribution is -1.83. The quantitative estimate of drug-likeness (QED) is 0.707. The van der Waals surface area contributed by atoms with Gasteiger partial charge in [0, 0.05) is 11.2 Å². The van der Waals surface area contributed by atoms with Crippen molar-refractivity contribution in [3.8, 4) is 0 Å². The van der Waals surface area contributed by atoms with E-state index >= 15 is 0 Å². The number of halogens is 1. The van der Waals surface area contributed by atoms with E-state index in [-0.39, 0.29) is 0 Å². The smallest absolute Gasteiger partial charge is 0.0640 e. The summed E-state index contributed by atoms with van der Waals surface area (Å²) in [4.78, 5) is 4.37. The summed E-state index contributed by atoms with van der Waals surface area (Å²) >= 11 is 5.89. The third-order valence-electron chi connectivity index (χ3n) is 2.20. The Balaban J connectivity index is 2.00. The van der Waals surface area contributed by atoms with Crippen LogP contribution in [0.1, 0.15) is 11.1 Å². The van der Waals surface area contributed by atoms with Crippen LogP contribution in [0.2, 0.25) is 5.02 Å². The van der Waals surface area contributed by atoms with Gasteiger partial charge < -0.3 is 0 Å². The third kappa shape index (κ3) is 3.21. The summed E-state index contributed by atoms with van der Waals surface area (Å²) in [5.41, 5.74) is 2.24. The molecule has 1 nitrogen and oxygen atoms in total. The summed E-state index contributed by atoms with van der Waals surface area (Å²) in [5, 5.41) is 0.757. The summed E-state index contributed by atoms with van der Waals surface area (Å²) in [7, 11) is 0. The van der Waals surface area contributed by atoms with Crippen molar-refractivity contribution in [3.05, 3.63) is 70.7 Å². The molecule has 0 N–H and O–H groups in total. The maximum absolute atomic E-state index is 5.89. The average molecular weight is 230 g/mol. The van der Waals surface area contributed by atoms with E-state index in [1.165, 1.54) is 0 Å². The number of benzene rings is 2. The minimum atomic E-state index is 0.662. The van der Waals surface area contributed by atoms with Gasteiger partial charge in [-0.15, -0.1) is 0 Å². The van der Waals surface area contributed by atoms with Gasteiger partial charge in [-0.2, -0.15) is 0 Å². The number of hydrogen-bond donors (Lipinski definition) is 0. The molecule has 0 radical (unpaired) electrons. The lowest BCUT2D eigenvalue weighted by molar-refractivity contribution is 1.08. The summed E-state index contributed by atoms with van der Waals surface area (Å²) < 4.78 is 0. The minimum absolute atomic E-state index is 0.662. The molecule has 2 aromatic carbocycles. The van der Waals surface area contributed by atoms with E-state index in [0.29, 0.717) is 6.54 Å². The van der Waals surface area contributed by atoms with Gasteiger partial charge in [-0.25, -0.2) is 0 Å². The van der Waals surface area contributed by atoms with Gasteiger partial charge in [-0.3, -0.25) is 4.99 Å². The molecule has 0 aliphatic heterocycles. The zero-order valence-corrected chi connectivity index (χ0v) is 9.56. The first-order valence-corrected chi connectivity index (χ1v) is 5.52. The zero-order valence-electron chi connectivity index (χ0n) is 8.81. The fraction of sp³-hybridized carbons (Fsp3) is 0.0714. The van der Waals surface area contributed by atoms with Gasteiger partial charge in [0.05, 0.1) is 6.54 Å². The van der Waals surface area contributed by atoms with Crippen LogP contribution >= 0.6 is 11.6 Å². The van der Waals surface area contributed by atoms with E-state index in [4.69, 9.17) is 11.6 Å². The van der Waals surface area contributed by atoms with Crippen molar-refractivity contribution in [1.82, 2.24) is 0 Å². The summed E-state index contributed by atoms with van der Waals surface area (Å²) in [6.45, 7) is 0.662. The Hall–Kier alpha value is -1.60. The molecule has 0 aliphatic carbocycles. The zero-order chi connectivity index (χ0) is 11.2. The average Bonchev–Trinajstić information content (AvgIpc) is 2.30. The Bertz CT molecular complexity index is 477. The molecule has 2 rings (SSSR count). The molecule has 0 saturated heterocycles. The van der Waals surface area contributed by atoms with Crippen molar-refractivity contribution in [1.29, 1.82) is 0 Å². The highest BCUT2D eigenvalue weighted by Crippen LogP contribution is 2.11. The monoisotopic (exact) mass is 229 g/mol. The molecule has 0 bridgehead atoms. The van der Waals surface area contributed by atoms with Gasteiger partial charge in [0.25, 0.3) is 0 Å². The maximum Gasteiger partial charge on any atom is 0.0640 e. The molecular formula is C14H12ClN. The van der Waals surface area contributed by atoms with E-state index in [1.54, 1.807) is 0 Å². The SMILES string of the molecule is Clc1cccc(CN=Cc2ccccc2)c1. The first-order valence-electron chi connectivity index (χ1n) is 5.14. The van der Waals surface area contributed by atoms with Crippen LogP contribution in [0, 0.1) is 0 Å². The molecule has 0 amide bonds. The molecule has 80 valence electrons. The van der Waals surface area contributed by atoms with Crippen LogP contribution < -0.4 is 0 Å². The van der Waals surface area contributed by atoms with Crippen molar-refractivity contribution in [2.45, 2.75) is 6.54 Å². The normalized spacial score (nSPS) is 10.8. The van der Waals surface area contributed by atoms with Crippen LogP contribution in [-0.4, -0.2) is 6.21 Å². The summed E-state index contributed by atoms with van der Waals surface area (Å²) in [6.07, 6.45) is 1.88. The van der Waals surface area contributed by atoms with Crippen molar-refractivity contribution in [3.63, 3.8) is 0 Å². The molecule has 0 aromatic heterocycles. The molecule has 2 aromatic rings. The molecule has 0 atom stereocenters.